The highest BCUT2D eigenvalue weighted by Crippen LogP contribution is 2.00. The van der Waals surface area contributed by atoms with Gasteiger partial charge in [-0.05, 0) is 32.2 Å². The summed E-state index contributed by atoms with van der Waals surface area (Å²) in [5.41, 5.74) is 10.3. The molecule has 6 heteroatoms. The lowest BCUT2D eigenvalue weighted by atomic mass is 10.1. The molecule has 4 N–H and O–H groups in total. The van der Waals surface area contributed by atoms with Crippen molar-refractivity contribution >= 4 is 5.97 Å². The average molecular weight is 312 g/mol. The molecule has 0 aromatic carbocycles. The van der Waals surface area contributed by atoms with Gasteiger partial charge in [0.2, 0.25) is 6.33 Å². The van der Waals surface area contributed by atoms with Crippen LogP contribution in [0.1, 0.15) is 51.9 Å². The fraction of sp³-hybridized carbons (Fsp3) is 0.750. The van der Waals surface area contributed by atoms with Gasteiger partial charge in [-0.1, -0.05) is 26.2 Å². The van der Waals surface area contributed by atoms with Crippen LogP contribution in [0.4, 0.5) is 0 Å². The van der Waals surface area contributed by atoms with Crippen molar-refractivity contribution in [2.24, 2.45) is 18.5 Å². The minimum absolute atomic E-state index is 0.458. The third-order valence-electron chi connectivity index (χ3n) is 3.37. The van der Waals surface area contributed by atoms with Gasteiger partial charge in [0.05, 0.1) is 19.6 Å². The second-order valence-electron chi connectivity index (χ2n) is 5.59. The number of carbonyl (C=O) groups is 1. The fourth-order valence-electron chi connectivity index (χ4n) is 1.98. The van der Waals surface area contributed by atoms with Crippen molar-refractivity contribution in [2.45, 2.75) is 64.5 Å². The summed E-state index contributed by atoms with van der Waals surface area (Å²) >= 11 is 0. The van der Waals surface area contributed by atoms with E-state index >= 15 is 0 Å². The number of nitrogens with two attached hydrogens (primary N) is 2. The molecule has 0 amide bonds. The van der Waals surface area contributed by atoms with E-state index in [9.17, 15) is 9.90 Å². The van der Waals surface area contributed by atoms with E-state index in [1.807, 2.05) is 0 Å². The minimum atomic E-state index is -1.18. The molecule has 1 rings (SSSR count). The van der Waals surface area contributed by atoms with Gasteiger partial charge in [0, 0.05) is 6.04 Å². The predicted octanol–water partition coefficient (Wildman–Crippen LogP) is 0.0855. The van der Waals surface area contributed by atoms with Gasteiger partial charge < -0.3 is 21.4 Å². The Labute approximate surface area is 134 Å². The summed E-state index contributed by atoms with van der Waals surface area (Å²) in [6.45, 7) is 4.00. The Kier molecular flexibility index (Phi) is 12.4. The second kappa shape index (κ2) is 13.3. The van der Waals surface area contributed by atoms with E-state index in [1.165, 1.54) is 32.2 Å². The van der Waals surface area contributed by atoms with Gasteiger partial charge in [-0.15, -0.1) is 0 Å². The van der Waals surface area contributed by atoms with Gasteiger partial charge in [-0.3, -0.25) is 0 Å². The zero-order valence-corrected chi connectivity index (χ0v) is 14.0. The predicted molar refractivity (Wildman–Crippen MR) is 85.6 cm³/mol. The van der Waals surface area contributed by atoms with E-state index < -0.39 is 12.0 Å². The Bertz CT molecular complexity index is 393. The third kappa shape index (κ3) is 11.3. The van der Waals surface area contributed by atoms with Gasteiger partial charge in [0.15, 0.2) is 0 Å². The summed E-state index contributed by atoms with van der Waals surface area (Å²) in [5.74, 6) is -1.18. The quantitative estimate of drug-likeness (QED) is 0.472. The summed E-state index contributed by atoms with van der Waals surface area (Å²) < 4.78 is 4.33. The first-order chi connectivity index (χ1) is 10.5. The first kappa shape index (κ1) is 20.6. The van der Waals surface area contributed by atoms with E-state index in [2.05, 4.69) is 41.8 Å². The van der Waals surface area contributed by atoms with E-state index in [-0.39, 0.29) is 0 Å². The maximum atomic E-state index is 10.0. The molecule has 0 unspecified atom stereocenters. The second-order valence-corrected chi connectivity index (χ2v) is 5.59. The summed E-state index contributed by atoms with van der Waals surface area (Å²) in [4.78, 5) is 10.0. The van der Waals surface area contributed by atoms with Crippen molar-refractivity contribution in [1.82, 2.24) is 4.57 Å². The summed E-state index contributed by atoms with van der Waals surface area (Å²) in [5, 5.41) is 10.0. The van der Waals surface area contributed by atoms with E-state index in [0.717, 1.165) is 12.8 Å². The van der Waals surface area contributed by atoms with Crippen molar-refractivity contribution in [2.75, 3.05) is 6.54 Å². The Hall–Kier alpha value is -1.40. The van der Waals surface area contributed by atoms with Crippen LogP contribution >= 0.6 is 0 Å². The number of aromatic nitrogens is 2. The van der Waals surface area contributed by atoms with Gasteiger partial charge in [-0.25, -0.2) is 9.13 Å². The van der Waals surface area contributed by atoms with Crippen LogP contribution in [0.3, 0.4) is 0 Å². The van der Waals surface area contributed by atoms with Crippen LogP contribution in [-0.4, -0.2) is 23.1 Å². The van der Waals surface area contributed by atoms with Crippen molar-refractivity contribution in [3.63, 3.8) is 0 Å². The molecule has 1 heterocycles. The molecule has 0 saturated heterocycles. The Morgan fingerprint density at radius 1 is 1.27 bits per heavy atom. The number of carboxylic acid groups (broad SMARTS) is 1. The van der Waals surface area contributed by atoms with E-state index in [4.69, 9.17) is 11.5 Å². The fourth-order valence-corrected chi connectivity index (χ4v) is 1.98. The van der Waals surface area contributed by atoms with Crippen LogP contribution in [0.5, 0.6) is 0 Å². The van der Waals surface area contributed by atoms with Crippen LogP contribution in [0.2, 0.25) is 0 Å². The molecule has 0 saturated carbocycles. The number of imidazole rings is 1. The van der Waals surface area contributed by atoms with Crippen LogP contribution in [0.15, 0.2) is 18.7 Å². The standard InChI is InChI=1S/C10H19N2.C6H14N2O2/c1-3-4-5-6-7-12-9-8-11(2)10-12;7-4-2-1-3-5(8)6(9)10/h8-10H,3-7H2,1-2H3;5H,1-4,7-8H2,(H,9,10)/q+1;/p-1/t;5-/m.0/s1. The number of aliphatic carboxylic acids is 1. The lowest BCUT2D eigenvalue weighted by Gasteiger charge is -2.10. The molecule has 0 radical (unpaired) electrons. The Balaban J connectivity index is 0.000000409. The molecular weight excluding hydrogens is 280 g/mol. The third-order valence-corrected chi connectivity index (χ3v) is 3.37. The molecule has 0 spiro atoms. The van der Waals surface area contributed by atoms with Crippen molar-refractivity contribution in [3.8, 4) is 0 Å². The maximum absolute atomic E-state index is 10.0. The Morgan fingerprint density at radius 3 is 2.50 bits per heavy atom. The smallest absolute Gasteiger partial charge is 0.243 e. The van der Waals surface area contributed by atoms with Gasteiger partial charge >= 0.3 is 0 Å². The number of unbranched alkanes of at least 4 members (excludes halogenated alkanes) is 4. The molecule has 1 aromatic heterocycles. The van der Waals surface area contributed by atoms with E-state index in [1.54, 1.807) is 0 Å². The summed E-state index contributed by atoms with van der Waals surface area (Å²) in [7, 11) is 2.06. The molecule has 0 bridgehead atoms. The number of hydrogen-bond donors (Lipinski definition) is 2. The van der Waals surface area contributed by atoms with Crippen LogP contribution in [-0.2, 0) is 18.4 Å². The number of carboxylic acids is 1. The zero-order chi connectivity index (χ0) is 16.8. The molecule has 0 aliphatic carbocycles. The number of carbonyl (C=O) groups excluding carboxylic acids is 1. The SMILES string of the molecule is CCCCCCn1cc[n+](C)c1.NCCCC[C@H](N)C(=O)[O-]. The van der Waals surface area contributed by atoms with Crippen LogP contribution in [0.25, 0.3) is 0 Å². The van der Waals surface area contributed by atoms with Crippen LogP contribution in [0, 0.1) is 0 Å². The lowest BCUT2D eigenvalue weighted by molar-refractivity contribution is -0.671. The molecule has 0 aliphatic heterocycles. The normalized spacial score (nSPS) is 11.6. The molecule has 0 aliphatic rings. The largest absolute Gasteiger partial charge is 0.548 e. The van der Waals surface area contributed by atoms with Gasteiger partial charge in [-0.2, -0.15) is 0 Å². The summed E-state index contributed by atoms with van der Waals surface area (Å²) in [6, 6.07) is -0.827. The van der Waals surface area contributed by atoms with Crippen LogP contribution < -0.4 is 21.1 Å². The molecule has 128 valence electrons. The minimum Gasteiger partial charge on any atom is -0.548 e. The molecular formula is C16H32N4O2. The maximum Gasteiger partial charge on any atom is 0.243 e. The number of rotatable bonds is 10. The molecule has 22 heavy (non-hydrogen) atoms. The molecule has 0 fully saturated rings. The highest BCUT2D eigenvalue weighted by molar-refractivity contribution is 5.70. The Morgan fingerprint density at radius 2 is 2.00 bits per heavy atom. The zero-order valence-electron chi connectivity index (χ0n) is 14.0. The van der Waals surface area contributed by atoms with Crippen molar-refractivity contribution in [3.05, 3.63) is 18.7 Å². The van der Waals surface area contributed by atoms with E-state index in [0.29, 0.717) is 13.0 Å². The monoisotopic (exact) mass is 312 g/mol. The lowest BCUT2D eigenvalue weighted by Crippen LogP contribution is -2.41. The highest BCUT2D eigenvalue weighted by atomic mass is 16.4. The first-order valence-electron chi connectivity index (χ1n) is 8.18. The highest BCUT2D eigenvalue weighted by Gasteiger charge is 2.00. The molecule has 1 atom stereocenters. The number of aryl methyl sites for hydroxylation is 2. The number of nitrogens with zero attached hydrogens (tertiary/aromatic N) is 2. The van der Waals surface area contributed by atoms with Gasteiger partial charge in [0.1, 0.15) is 12.4 Å². The van der Waals surface area contributed by atoms with Gasteiger partial charge in [0.25, 0.3) is 0 Å². The molecule has 6 nitrogen and oxygen atoms in total. The average Bonchev–Trinajstić information content (AvgIpc) is 2.90. The van der Waals surface area contributed by atoms with Crippen molar-refractivity contribution in [1.29, 1.82) is 0 Å². The number of hydrogen-bond acceptors (Lipinski definition) is 4. The summed E-state index contributed by atoms with van der Waals surface area (Å²) in [6.07, 6.45) is 13.7. The van der Waals surface area contributed by atoms with Crippen molar-refractivity contribution < 1.29 is 14.5 Å². The topological polar surface area (TPSA) is 101 Å². The first-order valence-corrected chi connectivity index (χ1v) is 8.18. The molecule has 1 aromatic rings.